The van der Waals surface area contributed by atoms with Crippen LogP contribution in [0.25, 0.3) is 0 Å². The number of carbonyl (C=O) groups is 1. The summed E-state index contributed by atoms with van der Waals surface area (Å²) in [5.74, 6) is 0.551. The fourth-order valence-electron chi connectivity index (χ4n) is 2.50. The van der Waals surface area contributed by atoms with Crippen molar-refractivity contribution in [3.63, 3.8) is 0 Å². The number of hydrogen-bond acceptors (Lipinski definition) is 6. The summed E-state index contributed by atoms with van der Waals surface area (Å²) in [6, 6.07) is 7.80. The van der Waals surface area contributed by atoms with E-state index in [1.165, 1.54) is 6.92 Å². The van der Waals surface area contributed by atoms with Gasteiger partial charge in [0.05, 0.1) is 20.3 Å². The van der Waals surface area contributed by atoms with E-state index in [0.717, 1.165) is 11.3 Å². The van der Waals surface area contributed by atoms with E-state index in [1.54, 1.807) is 13.2 Å². The first-order valence-corrected chi connectivity index (χ1v) is 7.99. The Balaban J connectivity index is 1.29. The predicted octanol–water partition coefficient (Wildman–Crippen LogP) is 1.87. The zero-order valence-electron chi connectivity index (χ0n) is 13.8. The van der Waals surface area contributed by atoms with Crippen molar-refractivity contribution in [2.45, 2.75) is 37.9 Å². The first-order chi connectivity index (χ1) is 11.7. The SMILES string of the molecule is COc1ccc(COC[C@@H]2O[C@H]2[C@@H]2O[C@H]2/C=C/COC(C)=O)cc1. The van der Waals surface area contributed by atoms with Crippen molar-refractivity contribution >= 4 is 5.97 Å². The molecule has 130 valence electrons. The van der Waals surface area contributed by atoms with Crippen LogP contribution < -0.4 is 4.74 Å². The Bertz CT molecular complexity index is 582. The number of carbonyl (C=O) groups excluding carboxylic acids is 1. The number of rotatable bonds is 9. The van der Waals surface area contributed by atoms with Gasteiger partial charge in [-0.25, -0.2) is 0 Å². The van der Waals surface area contributed by atoms with Crippen molar-refractivity contribution < 1.29 is 28.5 Å². The molecule has 2 saturated heterocycles. The van der Waals surface area contributed by atoms with Crippen LogP contribution in [0.3, 0.4) is 0 Å². The second-order valence-corrected chi connectivity index (χ2v) is 5.80. The Labute approximate surface area is 141 Å². The topological polar surface area (TPSA) is 69.8 Å². The average Bonchev–Trinajstić information content (AvgIpc) is 3.47. The Morgan fingerprint density at radius 3 is 2.71 bits per heavy atom. The molecule has 0 amide bonds. The van der Waals surface area contributed by atoms with E-state index in [4.69, 9.17) is 23.7 Å². The first kappa shape index (κ1) is 17.0. The van der Waals surface area contributed by atoms with Crippen molar-refractivity contribution in [3.05, 3.63) is 42.0 Å². The third kappa shape index (κ3) is 4.80. The van der Waals surface area contributed by atoms with Crippen LogP contribution in [0.15, 0.2) is 36.4 Å². The van der Waals surface area contributed by atoms with Gasteiger partial charge in [-0.05, 0) is 23.8 Å². The van der Waals surface area contributed by atoms with Gasteiger partial charge in [-0.2, -0.15) is 0 Å². The maximum absolute atomic E-state index is 10.6. The molecule has 3 rings (SSSR count). The monoisotopic (exact) mass is 334 g/mol. The minimum Gasteiger partial charge on any atom is -0.497 e. The molecule has 2 heterocycles. The van der Waals surface area contributed by atoms with Crippen LogP contribution in [-0.2, 0) is 30.3 Å². The Morgan fingerprint density at radius 2 is 2.00 bits per heavy atom. The molecule has 1 aromatic rings. The molecular formula is C18H22O6. The highest BCUT2D eigenvalue weighted by Crippen LogP contribution is 2.39. The van der Waals surface area contributed by atoms with Crippen LogP contribution in [0.1, 0.15) is 12.5 Å². The highest BCUT2D eigenvalue weighted by Gasteiger charge is 2.56. The summed E-state index contributed by atoms with van der Waals surface area (Å²) >= 11 is 0. The third-order valence-corrected chi connectivity index (χ3v) is 3.93. The molecule has 1 aromatic carbocycles. The molecule has 2 fully saturated rings. The smallest absolute Gasteiger partial charge is 0.302 e. The molecule has 24 heavy (non-hydrogen) atoms. The van der Waals surface area contributed by atoms with Gasteiger partial charge in [0.15, 0.2) is 0 Å². The highest BCUT2D eigenvalue weighted by molar-refractivity contribution is 5.65. The molecule has 0 bridgehead atoms. The lowest BCUT2D eigenvalue weighted by Gasteiger charge is -2.04. The van der Waals surface area contributed by atoms with Crippen molar-refractivity contribution in [2.75, 3.05) is 20.3 Å². The lowest BCUT2D eigenvalue weighted by molar-refractivity contribution is -0.139. The normalized spacial score (nSPS) is 27.9. The van der Waals surface area contributed by atoms with Crippen LogP contribution in [-0.4, -0.2) is 50.7 Å². The number of epoxide rings is 2. The predicted molar refractivity (Wildman–Crippen MR) is 85.7 cm³/mol. The standard InChI is InChI=1S/C18H22O6/c1-12(19)22-9-3-4-15-17(23-15)18-16(24-18)11-21-10-13-5-7-14(20-2)8-6-13/h3-8,15-18H,9-11H2,1-2H3/b4-3+/t15-,16-,17+,18+/m0/s1. The molecule has 0 aliphatic carbocycles. The van der Waals surface area contributed by atoms with E-state index >= 15 is 0 Å². The van der Waals surface area contributed by atoms with Gasteiger partial charge in [0.2, 0.25) is 0 Å². The van der Waals surface area contributed by atoms with Gasteiger partial charge < -0.3 is 23.7 Å². The average molecular weight is 334 g/mol. The van der Waals surface area contributed by atoms with Gasteiger partial charge in [-0.1, -0.05) is 18.2 Å². The second kappa shape index (κ2) is 7.79. The van der Waals surface area contributed by atoms with Crippen molar-refractivity contribution in [1.29, 1.82) is 0 Å². The maximum Gasteiger partial charge on any atom is 0.302 e. The lowest BCUT2D eigenvalue weighted by atomic mass is 10.2. The van der Waals surface area contributed by atoms with Gasteiger partial charge >= 0.3 is 5.97 Å². The van der Waals surface area contributed by atoms with Gasteiger partial charge in [-0.15, -0.1) is 0 Å². The number of ether oxygens (including phenoxy) is 5. The zero-order chi connectivity index (χ0) is 16.9. The summed E-state index contributed by atoms with van der Waals surface area (Å²) in [6.07, 6.45) is 4.04. The fraction of sp³-hybridized carbons (Fsp3) is 0.500. The van der Waals surface area contributed by atoms with E-state index in [-0.39, 0.29) is 37.0 Å². The molecule has 2 aliphatic rings. The zero-order valence-corrected chi connectivity index (χ0v) is 13.8. The van der Waals surface area contributed by atoms with Crippen LogP contribution in [0.4, 0.5) is 0 Å². The van der Waals surface area contributed by atoms with Crippen molar-refractivity contribution in [2.24, 2.45) is 0 Å². The maximum atomic E-state index is 10.6. The first-order valence-electron chi connectivity index (χ1n) is 7.99. The van der Waals surface area contributed by atoms with Crippen molar-refractivity contribution in [1.82, 2.24) is 0 Å². The summed E-state index contributed by atoms with van der Waals surface area (Å²) in [5.41, 5.74) is 1.10. The second-order valence-electron chi connectivity index (χ2n) is 5.80. The number of benzene rings is 1. The van der Waals surface area contributed by atoms with Crippen LogP contribution in [0.2, 0.25) is 0 Å². The van der Waals surface area contributed by atoms with Gasteiger partial charge in [-0.3, -0.25) is 4.79 Å². The van der Waals surface area contributed by atoms with Crippen LogP contribution in [0, 0.1) is 0 Å². The van der Waals surface area contributed by atoms with Gasteiger partial charge in [0.25, 0.3) is 0 Å². The fourth-order valence-corrected chi connectivity index (χ4v) is 2.50. The summed E-state index contributed by atoms with van der Waals surface area (Å²) in [4.78, 5) is 10.6. The third-order valence-electron chi connectivity index (χ3n) is 3.93. The summed E-state index contributed by atoms with van der Waals surface area (Å²) in [7, 11) is 1.65. The van der Waals surface area contributed by atoms with E-state index in [0.29, 0.717) is 13.2 Å². The van der Waals surface area contributed by atoms with Gasteiger partial charge in [0, 0.05) is 6.92 Å². The van der Waals surface area contributed by atoms with E-state index in [2.05, 4.69) is 0 Å². The molecule has 0 radical (unpaired) electrons. The molecule has 0 aromatic heterocycles. The molecule has 6 nitrogen and oxygen atoms in total. The van der Waals surface area contributed by atoms with E-state index < -0.39 is 0 Å². The van der Waals surface area contributed by atoms with E-state index in [1.807, 2.05) is 30.3 Å². The summed E-state index contributed by atoms with van der Waals surface area (Å²) in [5, 5.41) is 0. The number of methoxy groups -OCH3 is 1. The molecule has 0 unspecified atom stereocenters. The number of esters is 1. The Morgan fingerprint density at radius 1 is 1.21 bits per heavy atom. The van der Waals surface area contributed by atoms with E-state index in [9.17, 15) is 4.79 Å². The molecular weight excluding hydrogens is 312 g/mol. The quantitative estimate of drug-likeness (QED) is 0.390. The number of hydrogen-bond donors (Lipinski definition) is 0. The molecule has 0 spiro atoms. The van der Waals surface area contributed by atoms with Crippen LogP contribution in [0.5, 0.6) is 5.75 Å². The van der Waals surface area contributed by atoms with Crippen LogP contribution >= 0.6 is 0 Å². The Hall–Kier alpha value is -1.89. The molecule has 4 atom stereocenters. The lowest BCUT2D eigenvalue weighted by Crippen LogP contribution is -2.10. The minimum atomic E-state index is -0.285. The summed E-state index contributed by atoms with van der Waals surface area (Å²) < 4.78 is 26.8. The van der Waals surface area contributed by atoms with Gasteiger partial charge in [0.1, 0.15) is 36.8 Å². The highest BCUT2D eigenvalue weighted by atomic mass is 16.7. The molecule has 6 heteroatoms. The summed E-state index contributed by atoms with van der Waals surface area (Å²) in [6.45, 7) is 2.77. The molecule has 2 aliphatic heterocycles. The minimum absolute atomic E-state index is 0.0529. The Kier molecular flexibility index (Phi) is 5.50. The van der Waals surface area contributed by atoms with Crippen molar-refractivity contribution in [3.8, 4) is 5.75 Å². The molecule has 0 N–H and O–H groups in total. The molecule has 0 saturated carbocycles. The largest absolute Gasteiger partial charge is 0.497 e.